The highest BCUT2D eigenvalue weighted by Crippen LogP contribution is 2.23. The maximum absolute atomic E-state index is 4.02. The Labute approximate surface area is 89.6 Å². The van der Waals surface area contributed by atoms with Gasteiger partial charge in [-0.3, -0.25) is 0 Å². The fourth-order valence-corrected chi connectivity index (χ4v) is 1.94. The number of aryl methyl sites for hydroxylation is 1. The Morgan fingerprint density at radius 2 is 2.00 bits per heavy atom. The number of aromatic nitrogens is 4. The van der Waals surface area contributed by atoms with Gasteiger partial charge in [-0.15, -0.1) is 0 Å². The van der Waals surface area contributed by atoms with Crippen molar-refractivity contribution in [1.29, 1.82) is 0 Å². The first-order valence-corrected chi connectivity index (χ1v) is 5.31. The number of nitrogens with zero attached hydrogens (tertiary/aromatic N) is 5. The molecule has 1 aliphatic heterocycles. The lowest BCUT2D eigenvalue weighted by Crippen LogP contribution is -2.50. The van der Waals surface area contributed by atoms with E-state index >= 15 is 0 Å². The Morgan fingerprint density at radius 1 is 1.33 bits per heavy atom. The molecule has 0 unspecified atom stereocenters. The van der Waals surface area contributed by atoms with E-state index in [1.807, 2.05) is 14.1 Å². The number of rotatable bonds is 2. The number of piperidine rings is 1. The van der Waals surface area contributed by atoms with Crippen LogP contribution in [0.1, 0.15) is 19.8 Å². The highest BCUT2D eigenvalue weighted by atomic mass is 15.6. The van der Waals surface area contributed by atoms with Crippen molar-refractivity contribution in [3.8, 4) is 0 Å². The van der Waals surface area contributed by atoms with Gasteiger partial charge in [-0.25, -0.2) is 4.68 Å². The lowest BCUT2D eigenvalue weighted by Gasteiger charge is -2.39. The number of nitrogens with one attached hydrogen (secondary N) is 1. The largest absolute Gasteiger partial charge is 0.340 e. The molecule has 0 atom stereocenters. The molecule has 6 nitrogen and oxygen atoms in total. The molecule has 1 aromatic heterocycles. The van der Waals surface area contributed by atoms with Gasteiger partial charge in [0.1, 0.15) is 0 Å². The van der Waals surface area contributed by atoms with Crippen LogP contribution >= 0.6 is 0 Å². The Balaban J connectivity index is 2.03. The van der Waals surface area contributed by atoms with E-state index in [0.29, 0.717) is 0 Å². The van der Waals surface area contributed by atoms with Crippen molar-refractivity contribution in [1.82, 2.24) is 25.5 Å². The number of hydrogen-bond acceptors (Lipinski definition) is 5. The molecule has 2 rings (SSSR count). The summed E-state index contributed by atoms with van der Waals surface area (Å²) in [6, 6.07) is 0. The molecule has 1 fully saturated rings. The van der Waals surface area contributed by atoms with Crippen molar-refractivity contribution < 1.29 is 0 Å². The fraction of sp³-hybridized carbons (Fsp3) is 0.889. The van der Waals surface area contributed by atoms with Crippen molar-refractivity contribution in [3.05, 3.63) is 0 Å². The third kappa shape index (κ3) is 1.94. The summed E-state index contributed by atoms with van der Waals surface area (Å²) in [4.78, 5) is 2.24. The summed E-state index contributed by atoms with van der Waals surface area (Å²) in [6.07, 6.45) is 2.24. The second kappa shape index (κ2) is 3.77. The summed E-state index contributed by atoms with van der Waals surface area (Å²) >= 11 is 0. The third-order valence-electron chi connectivity index (χ3n) is 3.35. The molecule has 0 aromatic carbocycles. The fourth-order valence-electron chi connectivity index (χ4n) is 1.94. The number of anilines is 1. The minimum absolute atomic E-state index is 0.266. The first-order chi connectivity index (χ1) is 7.14. The predicted molar refractivity (Wildman–Crippen MR) is 57.7 cm³/mol. The Kier molecular flexibility index (Phi) is 2.60. The average molecular weight is 210 g/mol. The maximum Gasteiger partial charge on any atom is 0.245 e. The van der Waals surface area contributed by atoms with Crippen LogP contribution in [-0.4, -0.2) is 45.9 Å². The lowest BCUT2D eigenvalue weighted by atomic mass is 9.90. The molecular formula is C9H18N6. The molecular weight excluding hydrogens is 192 g/mol. The molecule has 2 heterocycles. The van der Waals surface area contributed by atoms with Crippen LogP contribution in [0.25, 0.3) is 0 Å². The normalized spacial score (nSPS) is 20.6. The first kappa shape index (κ1) is 10.4. The van der Waals surface area contributed by atoms with Gasteiger partial charge in [0.25, 0.3) is 0 Å². The Hall–Kier alpha value is -1.17. The van der Waals surface area contributed by atoms with E-state index in [0.717, 1.165) is 31.9 Å². The van der Waals surface area contributed by atoms with Gasteiger partial charge < -0.3 is 10.2 Å². The van der Waals surface area contributed by atoms with Crippen LogP contribution in [0.4, 0.5) is 5.95 Å². The second-order valence-electron chi connectivity index (χ2n) is 4.40. The van der Waals surface area contributed by atoms with E-state index in [1.54, 1.807) is 4.68 Å². The molecule has 0 radical (unpaired) electrons. The molecule has 0 bridgehead atoms. The summed E-state index contributed by atoms with van der Waals surface area (Å²) in [5.74, 6) is 0.869. The summed E-state index contributed by atoms with van der Waals surface area (Å²) < 4.78 is 1.72. The predicted octanol–water partition coefficient (Wildman–Crippen LogP) is -0.212. The lowest BCUT2D eigenvalue weighted by molar-refractivity contribution is 0.302. The van der Waals surface area contributed by atoms with E-state index < -0.39 is 0 Å². The van der Waals surface area contributed by atoms with Gasteiger partial charge in [-0.2, -0.15) is 0 Å². The van der Waals surface area contributed by atoms with Crippen LogP contribution < -0.4 is 10.2 Å². The van der Waals surface area contributed by atoms with Crippen molar-refractivity contribution in [2.75, 3.05) is 25.0 Å². The minimum Gasteiger partial charge on any atom is -0.340 e. The zero-order chi connectivity index (χ0) is 10.9. The van der Waals surface area contributed by atoms with Crippen LogP contribution in [-0.2, 0) is 7.05 Å². The quantitative estimate of drug-likeness (QED) is 0.732. The Morgan fingerprint density at radius 3 is 2.47 bits per heavy atom. The maximum atomic E-state index is 4.02. The molecule has 1 N–H and O–H groups in total. The zero-order valence-corrected chi connectivity index (χ0v) is 9.56. The van der Waals surface area contributed by atoms with Crippen molar-refractivity contribution in [2.24, 2.45) is 7.05 Å². The van der Waals surface area contributed by atoms with Gasteiger partial charge in [0.2, 0.25) is 5.95 Å². The SMILES string of the molecule is CNC1(C)CCN(c2nnnn2C)CC1. The molecule has 6 heteroatoms. The first-order valence-electron chi connectivity index (χ1n) is 5.31. The average Bonchev–Trinajstić information content (AvgIpc) is 2.66. The monoisotopic (exact) mass is 210 g/mol. The van der Waals surface area contributed by atoms with Gasteiger partial charge in [-0.05, 0) is 37.2 Å². The minimum atomic E-state index is 0.266. The van der Waals surface area contributed by atoms with E-state index in [1.165, 1.54) is 0 Å². The smallest absolute Gasteiger partial charge is 0.245 e. The van der Waals surface area contributed by atoms with Crippen LogP contribution in [0.2, 0.25) is 0 Å². The van der Waals surface area contributed by atoms with Crippen LogP contribution in [0.5, 0.6) is 0 Å². The molecule has 1 aromatic rings. The summed E-state index contributed by atoms with van der Waals surface area (Å²) in [6.45, 7) is 4.27. The molecule has 1 aliphatic rings. The molecule has 1 saturated heterocycles. The van der Waals surface area contributed by atoms with E-state index in [9.17, 15) is 0 Å². The van der Waals surface area contributed by atoms with Gasteiger partial charge in [-0.1, -0.05) is 5.10 Å². The molecule has 0 saturated carbocycles. The Bertz CT molecular complexity index is 325. The number of tetrazole rings is 1. The van der Waals surface area contributed by atoms with Crippen LogP contribution in [0, 0.1) is 0 Å². The van der Waals surface area contributed by atoms with Crippen molar-refractivity contribution in [3.63, 3.8) is 0 Å². The van der Waals surface area contributed by atoms with Crippen molar-refractivity contribution >= 4 is 5.95 Å². The highest BCUT2D eigenvalue weighted by molar-refractivity contribution is 5.29. The summed E-state index contributed by atoms with van der Waals surface area (Å²) in [5, 5.41) is 14.9. The molecule has 0 spiro atoms. The topological polar surface area (TPSA) is 58.9 Å². The molecule has 15 heavy (non-hydrogen) atoms. The van der Waals surface area contributed by atoms with Crippen LogP contribution in [0.15, 0.2) is 0 Å². The van der Waals surface area contributed by atoms with E-state index in [-0.39, 0.29) is 5.54 Å². The molecule has 0 aliphatic carbocycles. The highest BCUT2D eigenvalue weighted by Gasteiger charge is 2.29. The van der Waals surface area contributed by atoms with Gasteiger partial charge in [0.05, 0.1) is 0 Å². The third-order valence-corrected chi connectivity index (χ3v) is 3.35. The van der Waals surface area contributed by atoms with E-state index in [2.05, 4.69) is 32.7 Å². The van der Waals surface area contributed by atoms with Gasteiger partial charge in [0, 0.05) is 25.7 Å². The molecule has 0 amide bonds. The van der Waals surface area contributed by atoms with Gasteiger partial charge >= 0.3 is 0 Å². The number of hydrogen-bond donors (Lipinski definition) is 1. The van der Waals surface area contributed by atoms with Gasteiger partial charge in [0.15, 0.2) is 0 Å². The summed E-state index contributed by atoms with van der Waals surface area (Å²) in [7, 11) is 3.90. The summed E-state index contributed by atoms with van der Waals surface area (Å²) in [5.41, 5.74) is 0.266. The van der Waals surface area contributed by atoms with Crippen LogP contribution in [0.3, 0.4) is 0 Å². The van der Waals surface area contributed by atoms with Crippen molar-refractivity contribution in [2.45, 2.75) is 25.3 Å². The second-order valence-corrected chi connectivity index (χ2v) is 4.40. The standard InChI is InChI=1S/C9H18N6/c1-9(10-2)4-6-15(7-5-9)8-11-12-13-14(8)3/h10H,4-7H2,1-3H3. The van der Waals surface area contributed by atoms with E-state index in [4.69, 9.17) is 0 Å². The zero-order valence-electron chi connectivity index (χ0n) is 9.56. The molecule has 84 valence electrons.